The van der Waals surface area contributed by atoms with Crippen molar-refractivity contribution in [1.82, 2.24) is 25.0 Å². The summed E-state index contributed by atoms with van der Waals surface area (Å²) in [4.78, 5) is 12.3. The van der Waals surface area contributed by atoms with E-state index in [1.165, 1.54) is 36.9 Å². The van der Waals surface area contributed by atoms with Gasteiger partial charge in [0.25, 0.3) is 0 Å². The zero-order valence-electron chi connectivity index (χ0n) is 18.9. The maximum Gasteiger partial charge on any atom is 0.416 e. The van der Waals surface area contributed by atoms with Crippen LogP contribution in [0.1, 0.15) is 47.7 Å². The molecular weight excluding hydrogens is 475 g/mol. The minimum Gasteiger partial charge on any atom is -0.360 e. The number of nitrogens with zero attached hydrogens (tertiary/aromatic N) is 3. The molecule has 184 valence electrons. The predicted octanol–water partition coefficient (Wildman–Crippen LogP) is 3.35. The summed E-state index contributed by atoms with van der Waals surface area (Å²) in [6, 6.07) is 4.27. The Morgan fingerprint density at radius 3 is 2.56 bits per heavy atom. The summed E-state index contributed by atoms with van der Waals surface area (Å²) in [5.74, 6) is -0.267. The van der Waals surface area contributed by atoms with Gasteiger partial charge in [0.05, 0.1) is 23.5 Å². The Morgan fingerprint density at radius 1 is 1.24 bits per heavy atom. The van der Waals surface area contributed by atoms with Crippen molar-refractivity contribution in [2.75, 3.05) is 6.54 Å². The van der Waals surface area contributed by atoms with Crippen molar-refractivity contribution in [3.05, 3.63) is 58.7 Å². The van der Waals surface area contributed by atoms with E-state index in [1.807, 2.05) is 0 Å². The van der Waals surface area contributed by atoms with Crippen molar-refractivity contribution >= 4 is 15.9 Å². The molecule has 34 heavy (non-hydrogen) atoms. The van der Waals surface area contributed by atoms with Crippen LogP contribution in [0, 0.1) is 20.8 Å². The molecule has 1 amide bonds. The minimum atomic E-state index is -4.48. The molecule has 0 saturated heterocycles. The molecule has 0 spiro atoms. The fraction of sp³-hybridized carbons (Fsp3) is 0.381. The molecule has 0 bridgehead atoms. The Kier molecular flexibility index (Phi) is 7.17. The predicted molar refractivity (Wildman–Crippen MR) is 116 cm³/mol. The lowest BCUT2D eigenvalue weighted by atomic mass is 10.1. The Morgan fingerprint density at radius 2 is 1.94 bits per heavy atom. The Bertz CT molecular complexity index is 1280. The second-order valence-corrected chi connectivity index (χ2v) is 9.44. The summed E-state index contributed by atoms with van der Waals surface area (Å²) in [5, 5.41) is 10.5. The van der Waals surface area contributed by atoms with Gasteiger partial charge in [-0.05, 0) is 45.9 Å². The van der Waals surface area contributed by atoms with Gasteiger partial charge in [-0.3, -0.25) is 4.79 Å². The first-order chi connectivity index (χ1) is 15.8. The van der Waals surface area contributed by atoms with E-state index in [0.29, 0.717) is 11.3 Å². The van der Waals surface area contributed by atoms with Crippen LogP contribution in [-0.2, 0) is 21.0 Å². The maximum absolute atomic E-state index is 13.0. The normalized spacial score (nSPS) is 13.1. The largest absolute Gasteiger partial charge is 0.416 e. The first kappa shape index (κ1) is 25.4. The van der Waals surface area contributed by atoms with Crippen LogP contribution >= 0.6 is 0 Å². The van der Waals surface area contributed by atoms with Crippen molar-refractivity contribution in [3.63, 3.8) is 0 Å². The van der Waals surface area contributed by atoms with Gasteiger partial charge in [0, 0.05) is 24.2 Å². The lowest BCUT2D eigenvalue weighted by molar-refractivity contribution is -0.137. The van der Waals surface area contributed by atoms with Crippen LogP contribution in [-0.4, -0.2) is 35.8 Å². The first-order valence-corrected chi connectivity index (χ1v) is 11.7. The summed E-state index contributed by atoms with van der Waals surface area (Å²) in [7, 11) is -3.88. The molecule has 0 unspecified atom stereocenters. The zero-order chi connectivity index (χ0) is 25.3. The van der Waals surface area contributed by atoms with Crippen LogP contribution in [0.3, 0.4) is 0 Å². The molecule has 1 atom stereocenters. The van der Waals surface area contributed by atoms with Crippen LogP contribution < -0.4 is 10.0 Å². The molecule has 13 heteroatoms. The molecule has 3 aromatic rings. The summed E-state index contributed by atoms with van der Waals surface area (Å²) in [6.45, 7) is 6.22. The summed E-state index contributed by atoms with van der Waals surface area (Å²) < 4.78 is 72.5. The monoisotopic (exact) mass is 499 g/mol. The van der Waals surface area contributed by atoms with E-state index < -0.39 is 33.7 Å². The van der Waals surface area contributed by atoms with Gasteiger partial charge in [-0.1, -0.05) is 11.2 Å². The number of carbonyl (C=O) groups is 1. The third kappa shape index (κ3) is 5.47. The van der Waals surface area contributed by atoms with Crippen molar-refractivity contribution in [2.24, 2.45) is 0 Å². The topological polar surface area (TPSA) is 119 Å². The highest BCUT2D eigenvalue weighted by Gasteiger charge is 2.31. The fourth-order valence-corrected chi connectivity index (χ4v) is 4.90. The van der Waals surface area contributed by atoms with Gasteiger partial charge in [0.1, 0.15) is 10.6 Å². The number of hydrogen-bond donors (Lipinski definition) is 2. The second kappa shape index (κ2) is 9.58. The highest BCUT2D eigenvalue weighted by atomic mass is 32.2. The molecule has 2 aromatic heterocycles. The molecule has 0 saturated carbocycles. The van der Waals surface area contributed by atoms with Crippen molar-refractivity contribution in [2.45, 2.75) is 51.2 Å². The number of amides is 1. The number of rotatable bonds is 8. The SMILES string of the molecule is Cc1noc(C)c1S(=O)(=O)NCCC(=O)N[C@@H](C)c1cnn(-c2cccc(C(F)(F)F)c2)c1C. The molecule has 9 nitrogen and oxygen atoms in total. The van der Waals surface area contributed by atoms with Gasteiger partial charge >= 0.3 is 6.18 Å². The number of benzene rings is 1. The van der Waals surface area contributed by atoms with Gasteiger partial charge in [0.15, 0.2) is 5.76 Å². The minimum absolute atomic E-state index is 0.0566. The molecule has 2 N–H and O–H groups in total. The van der Waals surface area contributed by atoms with Crippen molar-refractivity contribution < 1.29 is 30.9 Å². The van der Waals surface area contributed by atoms with E-state index in [0.717, 1.165) is 12.1 Å². The lowest BCUT2D eigenvalue weighted by Gasteiger charge is -2.15. The molecule has 2 heterocycles. The van der Waals surface area contributed by atoms with Gasteiger partial charge in [-0.15, -0.1) is 0 Å². The maximum atomic E-state index is 13.0. The number of halogens is 3. The molecule has 0 aliphatic rings. The van der Waals surface area contributed by atoms with E-state index in [9.17, 15) is 26.4 Å². The molecule has 3 rings (SSSR count). The van der Waals surface area contributed by atoms with Crippen molar-refractivity contribution in [1.29, 1.82) is 0 Å². The number of nitrogens with one attached hydrogen (secondary N) is 2. The fourth-order valence-electron chi connectivity index (χ4n) is 3.54. The van der Waals surface area contributed by atoms with Crippen LogP contribution in [0.5, 0.6) is 0 Å². The van der Waals surface area contributed by atoms with E-state index in [4.69, 9.17) is 4.52 Å². The number of aryl methyl sites for hydroxylation is 2. The van der Waals surface area contributed by atoms with E-state index in [-0.39, 0.29) is 35.0 Å². The highest BCUT2D eigenvalue weighted by Crippen LogP contribution is 2.31. The summed E-state index contributed by atoms with van der Waals surface area (Å²) in [5.41, 5.74) is 0.845. The quantitative estimate of drug-likeness (QED) is 0.491. The van der Waals surface area contributed by atoms with Crippen LogP contribution in [0.4, 0.5) is 13.2 Å². The number of sulfonamides is 1. The van der Waals surface area contributed by atoms with Gasteiger partial charge in [-0.25, -0.2) is 17.8 Å². The number of carbonyl (C=O) groups excluding carboxylic acids is 1. The number of alkyl halides is 3. The second-order valence-electron chi connectivity index (χ2n) is 7.74. The molecule has 0 fully saturated rings. The average molecular weight is 500 g/mol. The van der Waals surface area contributed by atoms with Gasteiger partial charge < -0.3 is 9.84 Å². The van der Waals surface area contributed by atoms with Crippen LogP contribution in [0.25, 0.3) is 5.69 Å². The molecular formula is C21H24F3N5O4S. The third-order valence-electron chi connectivity index (χ3n) is 5.19. The smallest absolute Gasteiger partial charge is 0.360 e. The van der Waals surface area contributed by atoms with E-state index >= 15 is 0 Å². The lowest BCUT2D eigenvalue weighted by Crippen LogP contribution is -2.32. The molecule has 0 aliphatic carbocycles. The van der Waals surface area contributed by atoms with Crippen LogP contribution in [0.15, 0.2) is 39.9 Å². The molecule has 1 aromatic carbocycles. The molecule has 0 radical (unpaired) electrons. The highest BCUT2D eigenvalue weighted by molar-refractivity contribution is 7.89. The standard InChI is InChI=1S/C21H24F3N5O4S/c1-12(27-19(30)8-9-26-34(31,32)20-13(2)28-33-15(20)4)18-11-25-29(14(18)3)17-7-5-6-16(10-17)21(22,23)24/h5-7,10-12,26H,8-9H2,1-4H3,(H,27,30)/t12-/m0/s1. The average Bonchev–Trinajstić information content (AvgIpc) is 3.29. The number of hydrogen-bond acceptors (Lipinski definition) is 6. The third-order valence-corrected chi connectivity index (χ3v) is 6.90. The van der Waals surface area contributed by atoms with Crippen molar-refractivity contribution in [3.8, 4) is 5.69 Å². The summed E-state index contributed by atoms with van der Waals surface area (Å²) >= 11 is 0. The Labute approximate surface area is 194 Å². The number of aromatic nitrogens is 3. The van der Waals surface area contributed by atoms with Gasteiger partial charge in [-0.2, -0.15) is 18.3 Å². The van der Waals surface area contributed by atoms with Crippen LogP contribution in [0.2, 0.25) is 0 Å². The summed E-state index contributed by atoms with van der Waals surface area (Å²) in [6.07, 6.45) is -3.14. The van der Waals surface area contributed by atoms with E-state index in [1.54, 1.807) is 13.8 Å². The van der Waals surface area contributed by atoms with Gasteiger partial charge in [0.2, 0.25) is 15.9 Å². The Hall–Kier alpha value is -3.19. The Balaban J connectivity index is 1.63. The molecule has 0 aliphatic heterocycles. The zero-order valence-corrected chi connectivity index (χ0v) is 19.7. The van der Waals surface area contributed by atoms with E-state index in [2.05, 4.69) is 20.3 Å². The first-order valence-electron chi connectivity index (χ1n) is 10.3.